The van der Waals surface area contributed by atoms with Crippen LogP contribution < -0.4 is 10.1 Å². The fraction of sp³-hybridized carbons (Fsp3) is 0.370. The van der Waals surface area contributed by atoms with Crippen molar-refractivity contribution >= 4 is 22.6 Å². The molecule has 0 spiro atoms. The number of ether oxygens (including phenoxy) is 2. The van der Waals surface area contributed by atoms with Crippen molar-refractivity contribution in [1.82, 2.24) is 15.2 Å². The zero-order valence-corrected chi connectivity index (χ0v) is 19.7. The minimum Gasteiger partial charge on any atom is -0.484 e. The SMILES string of the molecule is CC(C)(NC(=O)COc1ccccc1)C(=O)N1CCOC[C@H](Cc2ccc3ccncc3c2)C1. The molecule has 0 radical (unpaired) electrons. The van der Waals surface area contributed by atoms with Crippen LogP contribution in [0.1, 0.15) is 19.4 Å². The lowest BCUT2D eigenvalue weighted by molar-refractivity contribution is -0.141. The van der Waals surface area contributed by atoms with Gasteiger partial charge >= 0.3 is 0 Å². The molecule has 3 aromatic rings. The number of amides is 2. The van der Waals surface area contributed by atoms with Crippen LogP contribution in [0.25, 0.3) is 10.8 Å². The highest BCUT2D eigenvalue weighted by Gasteiger charge is 2.35. The average molecular weight is 462 g/mol. The van der Waals surface area contributed by atoms with E-state index in [1.54, 1.807) is 37.1 Å². The first-order valence-corrected chi connectivity index (χ1v) is 11.6. The van der Waals surface area contributed by atoms with Gasteiger partial charge < -0.3 is 19.7 Å². The molecular formula is C27H31N3O4. The molecule has 1 aliphatic rings. The lowest BCUT2D eigenvalue weighted by atomic mass is 9.96. The molecule has 178 valence electrons. The molecule has 4 rings (SSSR count). The molecule has 34 heavy (non-hydrogen) atoms. The Balaban J connectivity index is 1.36. The number of carbonyl (C=O) groups is 2. The summed E-state index contributed by atoms with van der Waals surface area (Å²) in [6.45, 7) is 5.45. The van der Waals surface area contributed by atoms with Crippen molar-refractivity contribution in [3.05, 3.63) is 72.6 Å². The second-order valence-electron chi connectivity index (χ2n) is 9.23. The third-order valence-corrected chi connectivity index (χ3v) is 5.95. The Morgan fingerprint density at radius 3 is 2.79 bits per heavy atom. The van der Waals surface area contributed by atoms with Gasteiger partial charge in [0.25, 0.3) is 5.91 Å². The van der Waals surface area contributed by atoms with Gasteiger partial charge in [0.15, 0.2) is 6.61 Å². The Kier molecular flexibility index (Phi) is 7.43. The van der Waals surface area contributed by atoms with E-state index < -0.39 is 5.54 Å². The third-order valence-electron chi connectivity index (χ3n) is 5.95. The van der Waals surface area contributed by atoms with Gasteiger partial charge in [0.1, 0.15) is 11.3 Å². The number of fused-ring (bicyclic) bond motifs is 1. The Bertz CT molecular complexity index is 1130. The van der Waals surface area contributed by atoms with Gasteiger partial charge in [-0.15, -0.1) is 0 Å². The van der Waals surface area contributed by atoms with E-state index in [0.29, 0.717) is 32.1 Å². The van der Waals surface area contributed by atoms with Crippen molar-refractivity contribution in [2.45, 2.75) is 25.8 Å². The molecule has 1 saturated heterocycles. The molecule has 1 fully saturated rings. The summed E-state index contributed by atoms with van der Waals surface area (Å²) in [6, 6.07) is 17.5. The Morgan fingerprint density at radius 1 is 1.15 bits per heavy atom. The summed E-state index contributed by atoms with van der Waals surface area (Å²) >= 11 is 0. The van der Waals surface area contributed by atoms with Crippen molar-refractivity contribution in [3.63, 3.8) is 0 Å². The molecular weight excluding hydrogens is 430 g/mol. The van der Waals surface area contributed by atoms with E-state index in [4.69, 9.17) is 9.47 Å². The van der Waals surface area contributed by atoms with Crippen LogP contribution in [0.2, 0.25) is 0 Å². The molecule has 0 bridgehead atoms. The summed E-state index contributed by atoms with van der Waals surface area (Å²) in [7, 11) is 0. The molecule has 0 unspecified atom stereocenters. The highest BCUT2D eigenvalue weighted by molar-refractivity contribution is 5.91. The second-order valence-corrected chi connectivity index (χ2v) is 9.23. The molecule has 7 nitrogen and oxygen atoms in total. The fourth-order valence-electron chi connectivity index (χ4n) is 4.28. The molecule has 2 aromatic carbocycles. The molecule has 7 heteroatoms. The van der Waals surface area contributed by atoms with Crippen LogP contribution in [0.5, 0.6) is 5.75 Å². The predicted octanol–water partition coefficient (Wildman–Crippen LogP) is 3.23. The third kappa shape index (κ3) is 6.11. The fourth-order valence-corrected chi connectivity index (χ4v) is 4.28. The van der Waals surface area contributed by atoms with E-state index in [1.807, 2.05) is 30.5 Å². The Hall–Kier alpha value is -3.45. The monoisotopic (exact) mass is 461 g/mol. The minimum atomic E-state index is -1.05. The van der Waals surface area contributed by atoms with Gasteiger partial charge in [-0.2, -0.15) is 0 Å². The summed E-state index contributed by atoms with van der Waals surface area (Å²) in [4.78, 5) is 31.8. The average Bonchev–Trinajstić information content (AvgIpc) is 3.08. The van der Waals surface area contributed by atoms with Crippen LogP contribution >= 0.6 is 0 Å². The van der Waals surface area contributed by atoms with E-state index in [0.717, 1.165) is 17.2 Å². The summed E-state index contributed by atoms with van der Waals surface area (Å²) < 4.78 is 11.3. The Morgan fingerprint density at radius 2 is 1.97 bits per heavy atom. The minimum absolute atomic E-state index is 0.126. The summed E-state index contributed by atoms with van der Waals surface area (Å²) in [5, 5.41) is 5.08. The van der Waals surface area contributed by atoms with Crippen molar-refractivity contribution in [2.75, 3.05) is 32.9 Å². The number of rotatable bonds is 7. The number of aromatic nitrogens is 1. The first-order chi connectivity index (χ1) is 16.4. The van der Waals surface area contributed by atoms with Gasteiger partial charge in [0.05, 0.1) is 13.2 Å². The second kappa shape index (κ2) is 10.7. The molecule has 0 aliphatic carbocycles. The molecule has 2 heterocycles. The maximum Gasteiger partial charge on any atom is 0.258 e. The number of para-hydroxylation sites is 1. The number of pyridine rings is 1. The Labute approximate surface area is 200 Å². The van der Waals surface area contributed by atoms with Gasteiger partial charge in [-0.3, -0.25) is 14.6 Å². The molecule has 1 atom stereocenters. The van der Waals surface area contributed by atoms with E-state index in [-0.39, 0.29) is 24.3 Å². The maximum atomic E-state index is 13.4. The normalized spacial score (nSPS) is 16.6. The lowest BCUT2D eigenvalue weighted by Gasteiger charge is -2.33. The largest absolute Gasteiger partial charge is 0.484 e. The van der Waals surface area contributed by atoms with Gasteiger partial charge in [0.2, 0.25) is 5.91 Å². The van der Waals surface area contributed by atoms with Crippen molar-refractivity contribution in [3.8, 4) is 5.75 Å². The van der Waals surface area contributed by atoms with Gasteiger partial charge in [0, 0.05) is 36.8 Å². The highest BCUT2D eigenvalue weighted by atomic mass is 16.5. The zero-order chi connectivity index (χ0) is 24.0. The van der Waals surface area contributed by atoms with Crippen molar-refractivity contribution in [1.29, 1.82) is 0 Å². The van der Waals surface area contributed by atoms with E-state index >= 15 is 0 Å². The number of hydrogen-bond donors (Lipinski definition) is 1. The molecule has 0 saturated carbocycles. The number of carbonyl (C=O) groups excluding carboxylic acids is 2. The van der Waals surface area contributed by atoms with Gasteiger partial charge in [-0.1, -0.05) is 30.3 Å². The summed E-state index contributed by atoms with van der Waals surface area (Å²) in [5.74, 6) is 0.306. The van der Waals surface area contributed by atoms with Crippen LogP contribution in [0.15, 0.2) is 67.0 Å². The summed E-state index contributed by atoms with van der Waals surface area (Å²) in [6.07, 6.45) is 4.45. The summed E-state index contributed by atoms with van der Waals surface area (Å²) in [5.41, 5.74) is 0.134. The molecule has 1 aromatic heterocycles. The van der Waals surface area contributed by atoms with E-state index in [1.165, 1.54) is 5.56 Å². The number of nitrogens with one attached hydrogen (secondary N) is 1. The first-order valence-electron chi connectivity index (χ1n) is 11.6. The number of benzene rings is 2. The van der Waals surface area contributed by atoms with Gasteiger partial charge in [-0.25, -0.2) is 0 Å². The van der Waals surface area contributed by atoms with Gasteiger partial charge in [-0.05, 0) is 55.5 Å². The number of hydrogen-bond acceptors (Lipinski definition) is 5. The van der Waals surface area contributed by atoms with Crippen molar-refractivity contribution in [2.24, 2.45) is 5.92 Å². The van der Waals surface area contributed by atoms with Crippen molar-refractivity contribution < 1.29 is 19.1 Å². The zero-order valence-electron chi connectivity index (χ0n) is 19.7. The van der Waals surface area contributed by atoms with Crippen LogP contribution in [0, 0.1) is 5.92 Å². The van der Waals surface area contributed by atoms with Crippen LogP contribution in [-0.4, -0.2) is 60.1 Å². The van der Waals surface area contributed by atoms with E-state index in [9.17, 15) is 9.59 Å². The van der Waals surface area contributed by atoms with Crippen LogP contribution in [-0.2, 0) is 20.7 Å². The molecule has 1 N–H and O–H groups in total. The standard InChI is InChI=1S/C27H31N3O4/c1-27(2,29-25(31)19-34-24-6-4-3-5-7-24)26(32)30-12-13-33-18-21(17-30)14-20-8-9-22-10-11-28-16-23(22)15-20/h3-11,15-16,21H,12-14,17-19H2,1-2H3,(H,29,31)/t21-/m1/s1. The quantitative estimate of drug-likeness (QED) is 0.584. The maximum absolute atomic E-state index is 13.4. The first kappa shape index (κ1) is 23.7. The van der Waals surface area contributed by atoms with Crippen LogP contribution in [0.4, 0.5) is 0 Å². The van der Waals surface area contributed by atoms with Crippen LogP contribution in [0.3, 0.4) is 0 Å². The molecule has 1 aliphatic heterocycles. The topological polar surface area (TPSA) is 80.8 Å². The van der Waals surface area contributed by atoms with E-state index in [2.05, 4.69) is 28.5 Å². The lowest BCUT2D eigenvalue weighted by Crippen LogP contribution is -2.57. The number of nitrogens with zero attached hydrogens (tertiary/aromatic N) is 2. The predicted molar refractivity (Wildman–Crippen MR) is 130 cm³/mol. The smallest absolute Gasteiger partial charge is 0.258 e. The molecule has 2 amide bonds. The highest BCUT2D eigenvalue weighted by Crippen LogP contribution is 2.20.